The molecule has 1 amide bonds. The monoisotopic (exact) mass is 772 g/mol. The molecule has 0 aromatic carbocycles. The standard InChI is InChI=1S/C51H97NO3/c1-3-5-7-9-11-13-15-17-19-20-21-22-23-24-25-26-27-28-29-30-31-32-33-35-37-39-41-43-45-47-51(55)52-49(48-53)50(54)46-44-42-40-38-36-34-18-16-14-12-10-8-6-4-2/h15,17,20-21,23-24,49-50,53-54H,3-14,16,18-19,22,25-48H2,1-2H3,(H,52,55)/b17-15-,21-20-,24-23-. The quantitative estimate of drug-likeness (QED) is 0.0426. The number of nitrogens with one attached hydrogen (secondary N) is 1. The third-order valence-electron chi connectivity index (χ3n) is 11.4. The lowest BCUT2D eigenvalue weighted by molar-refractivity contribution is -0.123. The number of amides is 1. The van der Waals surface area contributed by atoms with Crippen molar-refractivity contribution in [2.45, 2.75) is 276 Å². The highest BCUT2D eigenvalue weighted by molar-refractivity contribution is 5.76. The Morgan fingerprint density at radius 3 is 1.11 bits per heavy atom. The smallest absolute Gasteiger partial charge is 0.220 e. The second kappa shape index (κ2) is 47.0. The minimum Gasteiger partial charge on any atom is -0.394 e. The first-order valence-electron chi connectivity index (χ1n) is 24.7. The van der Waals surface area contributed by atoms with Gasteiger partial charge in [0.05, 0.1) is 18.8 Å². The van der Waals surface area contributed by atoms with Gasteiger partial charge in [0.2, 0.25) is 5.91 Å². The van der Waals surface area contributed by atoms with E-state index in [4.69, 9.17) is 0 Å². The van der Waals surface area contributed by atoms with Gasteiger partial charge in [0, 0.05) is 6.42 Å². The number of hydrogen-bond donors (Lipinski definition) is 3. The second-order valence-corrected chi connectivity index (χ2v) is 16.9. The van der Waals surface area contributed by atoms with Gasteiger partial charge in [-0.3, -0.25) is 4.79 Å². The van der Waals surface area contributed by atoms with Crippen molar-refractivity contribution < 1.29 is 15.0 Å². The van der Waals surface area contributed by atoms with Gasteiger partial charge in [-0.05, 0) is 51.4 Å². The lowest BCUT2D eigenvalue weighted by Crippen LogP contribution is -2.45. The normalized spacial score (nSPS) is 13.2. The summed E-state index contributed by atoms with van der Waals surface area (Å²) < 4.78 is 0. The molecule has 324 valence electrons. The van der Waals surface area contributed by atoms with Gasteiger partial charge in [0.15, 0.2) is 0 Å². The lowest BCUT2D eigenvalue weighted by Gasteiger charge is -2.22. The highest BCUT2D eigenvalue weighted by Crippen LogP contribution is 2.16. The fraction of sp³-hybridized carbons (Fsp3) is 0.863. The van der Waals surface area contributed by atoms with Crippen LogP contribution in [0.5, 0.6) is 0 Å². The molecule has 0 saturated carbocycles. The zero-order valence-electron chi connectivity index (χ0n) is 37.2. The van der Waals surface area contributed by atoms with Crippen molar-refractivity contribution in [3.05, 3.63) is 36.5 Å². The molecule has 0 aliphatic rings. The van der Waals surface area contributed by atoms with E-state index in [0.717, 1.165) is 38.5 Å². The number of allylic oxidation sites excluding steroid dienone is 6. The van der Waals surface area contributed by atoms with E-state index in [1.54, 1.807) is 0 Å². The van der Waals surface area contributed by atoms with E-state index < -0.39 is 12.1 Å². The van der Waals surface area contributed by atoms with Crippen LogP contribution in [-0.4, -0.2) is 34.9 Å². The van der Waals surface area contributed by atoms with Gasteiger partial charge < -0.3 is 15.5 Å². The molecule has 0 heterocycles. The molecule has 4 heteroatoms. The molecule has 0 aliphatic carbocycles. The summed E-state index contributed by atoms with van der Waals surface area (Å²) in [6.07, 6.45) is 62.4. The van der Waals surface area contributed by atoms with Crippen molar-refractivity contribution in [3.63, 3.8) is 0 Å². The van der Waals surface area contributed by atoms with Crippen LogP contribution < -0.4 is 5.32 Å². The maximum absolute atomic E-state index is 12.4. The van der Waals surface area contributed by atoms with Crippen molar-refractivity contribution in [1.82, 2.24) is 5.32 Å². The SMILES string of the molecule is CCCCCCC/C=C\C/C=C\C/C=C\CCCCCCCCCCCCCCCCC(=O)NC(CO)C(O)CCCCCCCCCCCCCCCC. The van der Waals surface area contributed by atoms with E-state index in [1.165, 1.54) is 199 Å². The molecule has 0 saturated heterocycles. The Morgan fingerprint density at radius 1 is 0.436 bits per heavy atom. The minimum absolute atomic E-state index is 0.0308. The molecule has 0 bridgehead atoms. The van der Waals surface area contributed by atoms with Gasteiger partial charge in [-0.2, -0.15) is 0 Å². The number of aliphatic hydroxyl groups is 2. The molecule has 0 aromatic rings. The lowest BCUT2D eigenvalue weighted by atomic mass is 10.0. The molecule has 0 fully saturated rings. The zero-order valence-corrected chi connectivity index (χ0v) is 37.2. The van der Waals surface area contributed by atoms with Crippen molar-refractivity contribution >= 4 is 5.91 Å². The molecule has 0 radical (unpaired) electrons. The summed E-state index contributed by atoms with van der Waals surface area (Å²) in [7, 11) is 0. The summed E-state index contributed by atoms with van der Waals surface area (Å²) in [5.74, 6) is -0.0308. The van der Waals surface area contributed by atoms with E-state index >= 15 is 0 Å². The number of carbonyl (C=O) groups excluding carboxylic acids is 1. The van der Waals surface area contributed by atoms with Crippen LogP contribution in [0.2, 0.25) is 0 Å². The van der Waals surface area contributed by atoms with Crippen molar-refractivity contribution in [2.75, 3.05) is 6.61 Å². The molecule has 4 nitrogen and oxygen atoms in total. The predicted molar refractivity (Wildman–Crippen MR) is 244 cm³/mol. The highest BCUT2D eigenvalue weighted by Gasteiger charge is 2.20. The summed E-state index contributed by atoms with van der Waals surface area (Å²) in [4.78, 5) is 12.4. The summed E-state index contributed by atoms with van der Waals surface area (Å²) in [6.45, 7) is 4.36. The highest BCUT2D eigenvalue weighted by atomic mass is 16.3. The van der Waals surface area contributed by atoms with E-state index in [0.29, 0.717) is 12.8 Å². The first-order chi connectivity index (χ1) is 27.2. The first kappa shape index (κ1) is 53.6. The Morgan fingerprint density at radius 2 is 0.745 bits per heavy atom. The topological polar surface area (TPSA) is 69.6 Å². The van der Waals surface area contributed by atoms with Crippen molar-refractivity contribution in [2.24, 2.45) is 0 Å². The summed E-state index contributed by atoms with van der Waals surface area (Å²) >= 11 is 0. The summed E-state index contributed by atoms with van der Waals surface area (Å²) in [5.41, 5.74) is 0. The van der Waals surface area contributed by atoms with Crippen LogP contribution in [-0.2, 0) is 4.79 Å². The fourth-order valence-corrected chi connectivity index (χ4v) is 7.60. The minimum atomic E-state index is -0.658. The van der Waals surface area contributed by atoms with Crippen LogP contribution >= 0.6 is 0 Å². The summed E-state index contributed by atoms with van der Waals surface area (Å²) in [5, 5.41) is 23.2. The average molecular weight is 772 g/mol. The molecule has 0 spiro atoms. The zero-order chi connectivity index (χ0) is 40.0. The Balaban J connectivity index is 3.47. The predicted octanol–water partition coefficient (Wildman–Crippen LogP) is 15.7. The van der Waals surface area contributed by atoms with Gasteiger partial charge in [-0.1, -0.05) is 243 Å². The van der Waals surface area contributed by atoms with Gasteiger partial charge in [-0.25, -0.2) is 0 Å². The van der Waals surface area contributed by atoms with Crippen LogP contribution in [0.1, 0.15) is 264 Å². The third-order valence-corrected chi connectivity index (χ3v) is 11.4. The Labute approximate surface area is 344 Å². The number of aliphatic hydroxyl groups excluding tert-OH is 2. The Bertz CT molecular complexity index is 836. The van der Waals surface area contributed by atoms with Crippen LogP contribution in [0.15, 0.2) is 36.5 Å². The van der Waals surface area contributed by atoms with Gasteiger partial charge >= 0.3 is 0 Å². The van der Waals surface area contributed by atoms with E-state index in [2.05, 4.69) is 55.6 Å². The number of carbonyl (C=O) groups is 1. The maximum atomic E-state index is 12.4. The van der Waals surface area contributed by atoms with Crippen LogP contribution in [0.4, 0.5) is 0 Å². The van der Waals surface area contributed by atoms with E-state index in [-0.39, 0.29) is 12.5 Å². The number of hydrogen-bond acceptors (Lipinski definition) is 3. The maximum Gasteiger partial charge on any atom is 0.220 e. The Kier molecular flexibility index (Phi) is 45.8. The molecular formula is C51H97NO3. The molecule has 0 aromatic heterocycles. The Hall–Kier alpha value is -1.39. The molecule has 55 heavy (non-hydrogen) atoms. The largest absolute Gasteiger partial charge is 0.394 e. The van der Waals surface area contributed by atoms with Gasteiger partial charge in [0.1, 0.15) is 0 Å². The van der Waals surface area contributed by atoms with Gasteiger partial charge in [-0.15, -0.1) is 0 Å². The van der Waals surface area contributed by atoms with Gasteiger partial charge in [0.25, 0.3) is 0 Å². The second-order valence-electron chi connectivity index (χ2n) is 16.9. The van der Waals surface area contributed by atoms with Crippen LogP contribution in [0.3, 0.4) is 0 Å². The molecule has 2 unspecified atom stereocenters. The van der Waals surface area contributed by atoms with E-state index in [9.17, 15) is 15.0 Å². The molecule has 2 atom stereocenters. The molecule has 3 N–H and O–H groups in total. The molecule has 0 aliphatic heterocycles. The van der Waals surface area contributed by atoms with Crippen LogP contribution in [0.25, 0.3) is 0 Å². The number of rotatable bonds is 45. The van der Waals surface area contributed by atoms with Crippen molar-refractivity contribution in [3.8, 4) is 0 Å². The fourth-order valence-electron chi connectivity index (χ4n) is 7.60. The first-order valence-corrected chi connectivity index (χ1v) is 24.7. The van der Waals surface area contributed by atoms with E-state index in [1.807, 2.05) is 0 Å². The molecule has 0 rings (SSSR count). The molecular weight excluding hydrogens is 675 g/mol. The average Bonchev–Trinajstić information content (AvgIpc) is 3.19. The summed E-state index contributed by atoms with van der Waals surface area (Å²) in [6, 6.07) is -0.535. The third kappa shape index (κ3) is 43.6. The van der Waals surface area contributed by atoms with Crippen molar-refractivity contribution in [1.29, 1.82) is 0 Å². The van der Waals surface area contributed by atoms with Crippen LogP contribution in [0, 0.1) is 0 Å². The number of unbranched alkanes of at least 4 members (excludes halogenated alkanes) is 32.